The van der Waals surface area contributed by atoms with Crippen molar-refractivity contribution in [2.75, 3.05) is 0 Å². The quantitative estimate of drug-likeness (QED) is 0.777. The molecule has 150 valence electrons. The normalized spacial score (nSPS) is 46.5. The van der Waals surface area contributed by atoms with Crippen LogP contribution in [-0.4, -0.2) is 22.6 Å². The molecule has 4 heteroatoms. The van der Waals surface area contributed by atoms with E-state index in [-0.39, 0.29) is 29.1 Å². The SMILES string of the molecule is CC12CC(=O)C3C(C(=O)CC4CCCCC43C)C1CCC2CCCC(=O)O. The van der Waals surface area contributed by atoms with Gasteiger partial charge in [-0.15, -0.1) is 0 Å². The van der Waals surface area contributed by atoms with Crippen molar-refractivity contribution in [3.63, 3.8) is 0 Å². The summed E-state index contributed by atoms with van der Waals surface area (Å²) in [6, 6.07) is 0. The van der Waals surface area contributed by atoms with Crippen molar-refractivity contribution in [2.24, 2.45) is 40.4 Å². The van der Waals surface area contributed by atoms with Crippen LogP contribution in [0.1, 0.15) is 84.5 Å². The third-order valence-corrected chi connectivity index (χ3v) is 9.22. The van der Waals surface area contributed by atoms with Gasteiger partial charge >= 0.3 is 5.97 Å². The van der Waals surface area contributed by atoms with Crippen LogP contribution in [0.2, 0.25) is 0 Å². The molecule has 0 spiro atoms. The van der Waals surface area contributed by atoms with Gasteiger partial charge in [0.25, 0.3) is 0 Å². The summed E-state index contributed by atoms with van der Waals surface area (Å²) in [5, 5.41) is 8.95. The highest BCUT2D eigenvalue weighted by atomic mass is 16.4. The van der Waals surface area contributed by atoms with E-state index >= 15 is 0 Å². The van der Waals surface area contributed by atoms with E-state index in [2.05, 4.69) is 13.8 Å². The highest BCUT2D eigenvalue weighted by Crippen LogP contribution is 2.66. The zero-order valence-electron chi connectivity index (χ0n) is 16.8. The molecule has 27 heavy (non-hydrogen) atoms. The van der Waals surface area contributed by atoms with E-state index in [0.717, 1.165) is 32.1 Å². The Hall–Kier alpha value is -1.19. The molecule has 1 N–H and O–H groups in total. The Balaban J connectivity index is 1.60. The largest absolute Gasteiger partial charge is 0.481 e. The molecule has 4 saturated carbocycles. The minimum Gasteiger partial charge on any atom is -0.481 e. The molecule has 0 aromatic rings. The fraction of sp³-hybridized carbons (Fsp3) is 0.870. The first kappa shape index (κ1) is 19.1. The van der Waals surface area contributed by atoms with Crippen LogP contribution in [0.4, 0.5) is 0 Å². The smallest absolute Gasteiger partial charge is 0.303 e. The third kappa shape index (κ3) is 2.89. The third-order valence-electron chi connectivity index (χ3n) is 9.22. The number of hydrogen-bond donors (Lipinski definition) is 1. The predicted octanol–water partition coefficient (Wildman–Crippen LogP) is 4.65. The van der Waals surface area contributed by atoms with E-state index in [1.54, 1.807) is 0 Å². The summed E-state index contributed by atoms with van der Waals surface area (Å²) in [7, 11) is 0. The Morgan fingerprint density at radius 3 is 2.59 bits per heavy atom. The second-order valence-corrected chi connectivity index (χ2v) is 10.4. The molecule has 4 rings (SSSR count). The minimum absolute atomic E-state index is 0.0244. The summed E-state index contributed by atoms with van der Waals surface area (Å²) in [6.07, 6.45) is 9.73. The van der Waals surface area contributed by atoms with Crippen LogP contribution >= 0.6 is 0 Å². The Bertz CT molecular complexity index is 655. The molecule has 0 aliphatic heterocycles. The molecular formula is C23H34O4. The highest BCUT2D eigenvalue weighted by Gasteiger charge is 2.64. The number of Topliss-reactive ketones (excluding diaryl/α,β-unsaturated/α-hetero) is 2. The molecule has 0 aromatic carbocycles. The van der Waals surface area contributed by atoms with Gasteiger partial charge in [-0.1, -0.05) is 26.7 Å². The first-order valence-electron chi connectivity index (χ1n) is 11.0. The molecule has 0 saturated heterocycles. The van der Waals surface area contributed by atoms with E-state index in [1.165, 1.54) is 12.8 Å². The Labute approximate surface area is 162 Å². The van der Waals surface area contributed by atoms with Crippen molar-refractivity contribution >= 4 is 17.5 Å². The predicted molar refractivity (Wildman–Crippen MR) is 102 cm³/mol. The topological polar surface area (TPSA) is 71.4 Å². The summed E-state index contributed by atoms with van der Waals surface area (Å²) in [4.78, 5) is 37.6. The fourth-order valence-electron chi connectivity index (χ4n) is 7.84. The van der Waals surface area contributed by atoms with Crippen LogP contribution in [0.5, 0.6) is 0 Å². The summed E-state index contributed by atoms with van der Waals surface area (Å²) < 4.78 is 0. The summed E-state index contributed by atoms with van der Waals surface area (Å²) >= 11 is 0. The van der Waals surface area contributed by atoms with E-state index < -0.39 is 5.97 Å². The summed E-state index contributed by atoms with van der Waals surface area (Å²) in [5.41, 5.74) is -0.0824. The Morgan fingerprint density at radius 2 is 1.85 bits per heavy atom. The summed E-state index contributed by atoms with van der Waals surface area (Å²) in [6.45, 7) is 4.54. The molecule has 0 bridgehead atoms. The second-order valence-electron chi connectivity index (χ2n) is 10.4. The molecule has 4 aliphatic carbocycles. The number of carbonyl (C=O) groups excluding carboxylic acids is 2. The van der Waals surface area contributed by atoms with Gasteiger partial charge in [0.1, 0.15) is 11.6 Å². The van der Waals surface area contributed by atoms with Crippen molar-refractivity contribution in [1.29, 1.82) is 0 Å². The van der Waals surface area contributed by atoms with Crippen LogP contribution in [0.25, 0.3) is 0 Å². The van der Waals surface area contributed by atoms with Gasteiger partial charge in [-0.2, -0.15) is 0 Å². The van der Waals surface area contributed by atoms with E-state index in [0.29, 0.717) is 48.6 Å². The van der Waals surface area contributed by atoms with Gasteiger partial charge < -0.3 is 5.11 Å². The van der Waals surface area contributed by atoms with Crippen LogP contribution in [0, 0.1) is 40.4 Å². The Morgan fingerprint density at radius 1 is 1.07 bits per heavy atom. The monoisotopic (exact) mass is 374 g/mol. The van der Waals surface area contributed by atoms with Crippen molar-refractivity contribution in [3.8, 4) is 0 Å². The number of fused-ring (bicyclic) bond motifs is 5. The summed E-state index contributed by atoms with van der Waals surface area (Å²) in [5.74, 6) is 0.944. The Kier molecular flexibility index (Phi) is 4.75. The van der Waals surface area contributed by atoms with Crippen molar-refractivity contribution in [3.05, 3.63) is 0 Å². The maximum atomic E-state index is 13.5. The van der Waals surface area contributed by atoms with Crippen LogP contribution in [0.3, 0.4) is 0 Å². The fourth-order valence-corrected chi connectivity index (χ4v) is 7.84. The molecule has 7 unspecified atom stereocenters. The second kappa shape index (κ2) is 6.70. The molecule has 4 aliphatic rings. The van der Waals surface area contributed by atoms with Gasteiger partial charge in [-0.25, -0.2) is 0 Å². The molecule has 0 amide bonds. The van der Waals surface area contributed by atoms with Crippen LogP contribution in [0.15, 0.2) is 0 Å². The van der Waals surface area contributed by atoms with Gasteiger partial charge in [0.2, 0.25) is 0 Å². The van der Waals surface area contributed by atoms with Gasteiger partial charge in [0.15, 0.2) is 0 Å². The minimum atomic E-state index is -0.742. The van der Waals surface area contributed by atoms with E-state index in [4.69, 9.17) is 5.11 Å². The number of carboxylic acid groups (broad SMARTS) is 1. The van der Waals surface area contributed by atoms with Crippen molar-refractivity contribution in [2.45, 2.75) is 84.5 Å². The first-order chi connectivity index (χ1) is 12.8. The molecule has 0 radical (unpaired) electrons. The van der Waals surface area contributed by atoms with Gasteiger partial charge in [-0.05, 0) is 67.1 Å². The van der Waals surface area contributed by atoms with Crippen molar-refractivity contribution in [1.82, 2.24) is 0 Å². The van der Waals surface area contributed by atoms with E-state index in [1.807, 2.05) is 0 Å². The lowest BCUT2D eigenvalue weighted by atomic mass is 9.44. The lowest BCUT2D eigenvalue weighted by Crippen LogP contribution is -2.59. The average Bonchev–Trinajstić information content (AvgIpc) is 2.91. The maximum Gasteiger partial charge on any atom is 0.303 e. The molecular weight excluding hydrogens is 340 g/mol. The molecule has 4 fully saturated rings. The zero-order valence-corrected chi connectivity index (χ0v) is 16.8. The van der Waals surface area contributed by atoms with Crippen molar-refractivity contribution < 1.29 is 19.5 Å². The van der Waals surface area contributed by atoms with Crippen LogP contribution < -0.4 is 0 Å². The van der Waals surface area contributed by atoms with Gasteiger partial charge in [0.05, 0.1) is 0 Å². The number of aliphatic carboxylic acids is 1. The maximum absolute atomic E-state index is 13.5. The molecule has 7 atom stereocenters. The number of hydrogen-bond acceptors (Lipinski definition) is 3. The highest BCUT2D eigenvalue weighted by molar-refractivity contribution is 5.94. The first-order valence-corrected chi connectivity index (χ1v) is 11.0. The van der Waals surface area contributed by atoms with E-state index in [9.17, 15) is 14.4 Å². The van der Waals surface area contributed by atoms with Gasteiger partial charge in [-0.3, -0.25) is 14.4 Å². The molecule has 0 heterocycles. The standard InChI is InChI=1S/C23H34O4/c1-22-11-4-3-6-15(22)12-17(24)20-16-10-9-14(7-5-8-19(26)27)23(16,2)13-18(25)21(20)22/h14-16,20-21H,3-13H2,1-2H3,(H,26,27). The van der Waals surface area contributed by atoms with Gasteiger partial charge in [0, 0.05) is 31.1 Å². The lowest BCUT2D eigenvalue weighted by molar-refractivity contribution is -0.167. The number of rotatable bonds is 4. The molecule has 4 nitrogen and oxygen atoms in total. The number of ketones is 2. The zero-order chi connectivity index (χ0) is 19.4. The molecule has 0 aromatic heterocycles. The number of carboxylic acids is 1. The van der Waals surface area contributed by atoms with Crippen LogP contribution in [-0.2, 0) is 14.4 Å². The average molecular weight is 375 g/mol. The lowest BCUT2D eigenvalue weighted by Gasteiger charge is -2.58. The number of carbonyl (C=O) groups is 3.